The van der Waals surface area contributed by atoms with Crippen molar-refractivity contribution in [1.29, 1.82) is 0 Å². The maximum atomic E-state index is 15.0. The summed E-state index contributed by atoms with van der Waals surface area (Å²) in [6.45, 7) is 5.04. The van der Waals surface area contributed by atoms with Crippen LogP contribution in [0, 0.1) is 5.92 Å². The van der Waals surface area contributed by atoms with Crippen molar-refractivity contribution in [2.75, 3.05) is 20.3 Å². The topological polar surface area (TPSA) is 142 Å². The van der Waals surface area contributed by atoms with E-state index in [0.717, 1.165) is 41.5 Å². The van der Waals surface area contributed by atoms with Crippen molar-refractivity contribution in [3.63, 3.8) is 0 Å². The summed E-state index contributed by atoms with van der Waals surface area (Å²) in [6.07, 6.45) is 3.49. The van der Waals surface area contributed by atoms with Crippen LogP contribution < -0.4 is 10.4 Å². The number of carbonyl (C=O) groups is 2. The number of methoxy groups -OCH3 is 1. The van der Waals surface area contributed by atoms with Crippen LogP contribution in [-0.2, 0) is 62.5 Å². The maximum absolute atomic E-state index is 15.0. The Balaban J connectivity index is 1.22. The number of rotatable bonds is 15. The molecule has 0 aliphatic carbocycles. The van der Waals surface area contributed by atoms with E-state index < -0.39 is 47.9 Å². The molecule has 5 aromatic carbocycles. The van der Waals surface area contributed by atoms with Crippen LogP contribution in [0.15, 0.2) is 142 Å². The highest BCUT2D eigenvalue weighted by molar-refractivity contribution is 5.90. The average Bonchev–Trinajstić information content (AvgIpc) is 3.34. The van der Waals surface area contributed by atoms with Gasteiger partial charge >= 0.3 is 17.6 Å². The van der Waals surface area contributed by atoms with E-state index >= 15 is 0 Å². The second-order valence-electron chi connectivity index (χ2n) is 19.5. The van der Waals surface area contributed by atoms with Crippen molar-refractivity contribution < 1.29 is 43.2 Å². The van der Waals surface area contributed by atoms with Crippen LogP contribution in [0.25, 0.3) is 11.0 Å². The van der Waals surface area contributed by atoms with Crippen molar-refractivity contribution in [3.05, 3.63) is 193 Å². The van der Waals surface area contributed by atoms with Gasteiger partial charge in [-0.25, -0.2) is 9.59 Å². The molecule has 0 amide bonds. The molecule has 6 aromatic rings. The van der Waals surface area contributed by atoms with Gasteiger partial charge in [-0.15, -0.1) is 0 Å². The number of hydrogen-bond acceptors (Lipinski definition) is 10. The Bertz CT molecular complexity index is 2820. The molecule has 70 heavy (non-hydrogen) atoms. The summed E-state index contributed by atoms with van der Waals surface area (Å²) >= 11 is 0. The summed E-state index contributed by atoms with van der Waals surface area (Å²) in [5, 5.41) is 21.4. The van der Waals surface area contributed by atoms with Gasteiger partial charge in [0.2, 0.25) is 0 Å². The molecular weight excluding hydrogens is 881 g/mol. The summed E-state index contributed by atoms with van der Waals surface area (Å²) < 4.78 is 32.2. The van der Waals surface area contributed by atoms with Crippen LogP contribution in [0.1, 0.15) is 121 Å². The number of fused-ring (bicyclic) bond motifs is 13. The zero-order chi connectivity index (χ0) is 49.2. The summed E-state index contributed by atoms with van der Waals surface area (Å²) in [6, 6.07) is 41.1. The molecule has 5 atom stereocenters. The number of hydrogen-bond donors (Lipinski definition) is 2. The first-order chi connectivity index (χ1) is 34.0. The molecule has 10 heteroatoms. The Kier molecular flexibility index (Phi) is 16.5. The molecule has 9 rings (SSSR count). The number of aliphatic hydroxyl groups is 2. The average molecular weight is 947 g/mol. The smallest absolute Gasteiger partial charge is 0.340 e. The predicted molar refractivity (Wildman–Crippen MR) is 271 cm³/mol. The number of esters is 2. The van der Waals surface area contributed by atoms with Crippen molar-refractivity contribution in [3.8, 4) is 5.75 Å². The molecule has 0 spiro atoms. The fourth-order valence-electron chi connectivity index (χ4n) is 10.5. The molecular formula is C60H66O10. The van der Waals surface area contributed by atoms with Gasteiger partial charge in [-0.2, -0.15) is 0 Å². The first kappa shape index (κ1) is 50.1. The SMILES string of the molecule is COC[C@@H](CCO)c1c(CO)c2ccc3c(c2oc1=O)[C@H]1OC(=O)C[C@H](CCc2cccc(Cc4ccccc4)c2)Cc2ccc(cc2)CCC(=C(C)C)C(=O)O[C@@H]1[C@](C)(CCCc1ccccc1)O3. The van der Waals surface area contributed by atoms with Gasteiger partial charge in [-0.1, -0.05) is 115 Å². The molecule has 0 fully saturated rings. The molecule has 0 unspecified atom stereocenters. The van der Waals surface area contributed by atoms with Crippen molar-refractivity contribution in [2.24, 2.45) is 5.92 Å². The highest BCUT2D eigenvalue weighted by Gasteiger charge is 2.53. The van der Waals surface area contributed by atoms with Crippen LogP contribution in [0.2, 0.25) is 0 Å². The Morgan fingerprint density at radius 2 is 1.47 bits per heavy atom. The third-order valence-electron chi connectivity index (χ3n) is 14.2. The quantitative estimate of drug-likeness (QED) is 0.0580. The lowest BCUT2D eigenvalue weighted by atomic mass is 9.81. The Hall–Kier alpha value is -6.33. The Morgan fingerprint density at radius 3 is 2.17 bits per heavy atom. The van der Waals surface area contributed by atoms with E-state index in [2.05, 4.69) is 84.9 Å². The summed E-state index contributed by atoms with van der Waals surface area (Å²) in [4.78, 5) is 44.0. The number of allylic oxidation sites excluding steroid dienone is 1. The standard InChI is InChI=1S/C60H66O10/c1-39(2)48-27-26-41-20-22-44(23-21-41)35-46(25-24-43-17-11-18-45(34-43)33-42-15-9-6-10-16-42)36-52(63)67-56-54-51(70-60(3,57(56)69-58(48)64)31-12-19-40-13-7-5-8-14-40)29-28-49-50(37-62)53(59(65)68-55(49)54)47(30-32-61)38-66-4/h5-11,13-18,20-23,28-29,34,46-47,56-57,61-62H,12,19,24-27,30-33,35-38H2,1-4H3/t46-,47-,56-,57+,60+/m1/s1. The van der Waals surface area contributed by atoms with E-state index in [1.54, 1.807) is 12.1 Å². The van der Waals surface area contributed by atoms with Gasteiger partial charge in [0.05, 0.1) is 18.8 Å². The van der Waals surface area contributed by atoms with E-state index in [4.69, 9.17) is 23.4 Å². The van der Waals surface area contributed by atoms with Gasteiger partial charge in [0.15, 0.2) is 12.2 Å². The first-order valence-electron chi connectivity index (χ1n) is 24.8. The number of aryl methyl sites for hydroxylation is 3. The molecule has 3 aliphatic rings. The first-order valence-corrected chi connectivity index (χ1v) is 24.8. The van der Waals surface area contributed by atoms with E-state index in [-0.39, 0.29) is 48.7 Å². The van der Waals surface area contributed by atoms with Crippen LogP contribution in [0.4, 0.5) is 0 Å². The number of carbonyl (C=O) groups excluding carboxylic acids is 2. The lowest BCUT2D eigenvalue weighted by molar-refractivity contribution is -0.192. The lowest BCUT2D eigenvalue weighted by Gasteiger charge is -2.45. The molecule has 366 valence electrons. The molecule has 4 heterocycles. The highest BCUT2D eigenvalue weighted by atomic mass is 16.6. The molecule has 3 aliphatic heterocycles. The molecule has 1 aromatic heterocycles. The number of aliphatic hydroxyl groups excluding tert-OH is 2. The molecule has 0 saturated heterocycles. The summed E-state index contributed by atoms with van der Waals surface area (Å²) in [5.41, 5.74) is 7.13. The van der Waals surface area contributed by atoms with Gasteiger partial charge in [0.25, 0.3) is 0 Å². The minimum atomic E-state index is -1.28. The van der Waals surface area contributed by atoms with E-state index in [1.165, 1.54) is 23.8 Å². The summed E-state index contributed by atoms with van der Waals surface area (Å²) in [5.74, 6) is -1.44. The normalized spacial score (nSPS) is 20.0. The third-order valence-corrected chi connectivity index (χ3v) is 14.2. The van der Waals surface area contributed by atoms with Gasteiger partial charge < -0.3 is 33.6 Å². The van der Waals surface area contributed by atoms with Gasteiger partial charge in [-0.3, -0.25) is 4.79 Å². The van der Waals surface area contributed by atoms with Crippen molar-refractivity contribution in [1.82, 2.24) is 0 Å². The van der Waals surface area contributed by atoms with Crippen LogP contribution in [-0.4, -0.2) is 54.2 Å². The molecule has 0 radical (unpaired) electrons. The van der Waals surface area contributed by atoms with Gasteiger partial charge in [0.1, 0.15) is 16.9 Å². The van der Waals surface area contributed by atoms with Crippen LogP contribution in [0.3, 0.4) is 0 Å². The minimum Gasteiger partial charge on any atom is -0.483 e. The van der Waals surface area contributed by atoms with Crippen LogP contribution in [0.5, 0.6) is 5.75 Å². The summed E-state index contributed by atoms with van der Waals surface area (Å²) in [7, 11) is 1.51. The largest absolute Gasteiger partial charge is 0.483 e. The Labute approximate surface area is 411 Å². The monoisotopic (exact) mass is 946 g/mol. The van der Waals surface area contributed by atoms with Crippen LogP contribution >= 0.6 is 0 Å². The lowest BCUT2D eigenvalue weighted by Crippen LogP contribution is -2.54. The fraction of sp³-hybridized carbons (Fsp3) is 0.383. The van der Waals surface area contributed by atoms with Gasteiger partial charge in [-0.05, 0) is 142 Å². The zero-order valence-corrected chi connectivity index (χ0v) is 40.9. The maximum Gasteiger partial charge on any atom is 0.340 e. The van der Waals surface area contributed by atoms with E-state index in [9.17, 15) is 24.6 Å². The number of benzene rings is 5. The third kappa shape index (κ3) is 11.8. The van der Waals surface area contributed by atoms with Crippen molar-refractivity contribution in [2.45, 2.75) is 122 Å². The Morgan fingerprint density at radius 1 is 0.771 bits per heavy atom. The van der Waals surface area contributed by atoms with E-state index in [0.29, 0.717) is 60.8 Å². The second kappa shape index (κ2) is 23.1. The molecule has 2 bridgehead atoms. The van der Waals surface area contributed by atoms with E-state index in [1.807, 2.05) is 45.0 Å². The number of ether oxygens (including phenoxy) is 4. The molecule has 10 nitrogen and oxygen atoms in total. The molecule has 0 saturated carbocycles. The van der Waals surface area contributed by atoms with Crippen molar-refractivity contribution >= 4 is 22.9 Å². The van der Waals surface area contributed by atoms with Gasteiger partial charge in [0, 0.05) is 42.6 Å². The zero-order valence-electron chi connectivity index (χ0n) is 40.9. The predicted octanol–water partition coefficient (Wildman–Crippen LogP) is 10.8. The minimum absolute atomic E-state index is 0.0589. The molecule has 2 N–H and O–H groups in total. The second-order valence-corrected chi connectivity index (χ2v) is 19.5. The fourth-order valence-corrected chi connectivity index (χ4v) is 10.5. The highest BCUT2D eigenvalue weighted by Crippen LogP contribution is 2.49.